The van der Waals surface area contributed by atoms with Gasteiger partial charge in [-0.15, -0.1) is 0 Å². The molecule has 86 valence electrons. The van der Waals surface area contributed by atoms with Crippen LogP contribution in [-0.4, -0.2) is 61.3 Å². The monoisotopic (exact) mass is 213 g/mol. The maximum absolute atomic E-state index is 12.0. The van der Waals surface area contributed by atoms with E-state index in [0.29, 0.717) is 32.8 Å². The number of likely N-dealkylation sites (tertiary alicyclic amines) is 1. The van der Waals surface area contributed by atoms with E-state index in [1.165, 1.54) is 0 Å². The summed E-state index contributed by atoms with van der Waals surface area (Å²) in [5.41, 5.74) is 5.86. The molecule has 2 amide bonds. The molecule has 2 N–H and O–H groups in total. The fourth-order valence-corrected chi connectivity index (χ4v) is 2.14. The minimum Gasteiger partial charge on any atom is -0.378 e. The van der Waals surface area contributed by atoms with Crippen molar-refractivity contribution in [2.75, 3.05) is 39.4 Å². The van der Waals surface area contributed by atoms with Gasteiger partial charge in [0.2, 0.25) is 0 Å². The lowest BCUT2D eigenvalue weighted by Gasteiger charge is -2.36. The van der Waals surface area contributed by atoms with Gasteiger partial charge in [-0.05, 0) is 12.8 Å². The van der Waals surface area contributed by atoms with Crippen LogP contribution in [0.1, 0.15) is 12.8 Å². The lowest BCUT2D eigenvalue weighted by molar-refractivity contribution is 0.0409. The number of hydrogen-bond acceptors (Lipinski definition) is 3. The van der Waals surface area contributed by atoms with Gasteiger partial charge >= 0.3 is 6.03 Å². The van der Waals surface area contributed by atoms with E-state index in [1.807, 2.05) is 9.80 Å². The number of rotatable bonds is 0. The second-order valence-corrected chi connectivity index (χ2v) is 4.23. The summed E-state index contributed by atoms with van der Waals surface area (Å²) in [7, 11) is 0. The first-order valence-corrected chi connectivity index (χ1v) is 5.64. The van der Waals surface area contributed by atoms with Gasteiger partial charge in [-0.3, -0.25) is 0 Å². The van der Waals surface area contributed by atoms with E-state index in [0.717, 1.165) is 19.4 Å². The molecular weight excluding hydrogens is 194 g/mol. The quantitative estimate of drug-likeness (QED) is 0.609. The topological polar surface area (TPSA) is 58.8 Å². The number of nitrogens with two attached hydrogens (primary N) is 1. The predicted octanol–water partition coefficient (Wildman–Crippen LogP) is -0.138. The van der Waals surface area contributed by atoms with Crippen molar-refractivity contribution in [3.05, 3.63) is 0 Å². The third-order valence-corrected chi connectivity index (χ3v) is 3.01. The molecule has 0 bridgehead atoms. The van der Waals surface area contributed by atoms with Crippen LogP contribution in [0.5, 0.6) is 0 Å². The first-order chi connectivity index (χ1) is 7.27. The van der Waals surface area contributed by atoms with Crippen molar-refractivity contribution in [2.45, 2.75) is 18.9 Å². The highest BCUT2D eigenvalue weighted by Gasteiger charge is 2.26. The van der Waals surface area contributed by atoms with E-state index in [1.54, 1.807) is 0 Å². The third-order valence-electron chi connectivity index (χ3n) is 3.01. The number of carbonyl (C=O) groups is 1. The molecular formula is C10H19N3O2. The van der Waals surface area contributed by atoms with Gasteiger partial charge in [0.1, 0.15) is 0 Å². The summed E-state index contributed by atoms with van der Waals surface area (Å²) >= 11 is 0. The molecule has 2 saturated heterocycles. The summed E-state index contributed by atoms with van der Waals surface area (Å²) in [6, 6.07) is 0.289. The maximum Gasteiger partial charge on any atom is 0.320 e. The van der Waals surface area contributed by atoms with Gasteiger partial charge in [-0.2, -0.15) is 0 Å². The Kier molecular flexibility index (Phi) is 3.43. The van der Waals surface area contributed by atoms with E-state index >= 15 is 0 Å². The summed E-state index contributed by atoms with van der Waals surface area (Å²) in [5, 5.41) is 0. The summed E-state index contributed by atoms with van der Waals surface area (Å²) < 4.78 is 5.22. The Morgan fingerprint density at radius 2 is 1.93 bits per heavy atom. The van der Waals surface area contributed by atoms with Crippen molar-refractivity contribution >= 4 is 6.03 Å². The molecule has 15 heavy (non-hydrogen) atoms. The normalized spacial score (nSPS) is 27.9. The van der Waals surface area contributed by atoms with E-state index < -0.39 is 0 Å². The van der Waals surface area contributed by atoms with Gasteiger partial charge in [-0.1, -0.05) is 0 Å². The molecule has 2 fully saturated rings. The molecule has 2 rings (SSSR count). The molecule has 5 nitrogen and oxygen atoms in total. The largest absolute Gasteiger partial charge is 0.378 e. The van der Waals surface area contributed by atoms with E-state index in [9.17, 15) is 4.79 Å². The molecule has 0 aromatic carbocycles. The van der Waals surface area contributed by atoms with Crippen LogP contribution in [0.2, 0.25) is 0 Å². The van der Waals surface area contributed by atoms with Gasteiger partial charge in [-0.25, -0.2) is 4.79 Å². The zero-order chi connectivity index (χ0) is 10.7. The minimum absolute atomic E-state index is 0.133. The van der Waals surface area contributed by atoms with Gasteiger partial charge in [0.05, 0.1) is 13.2 Å². The molecule has 0 aromatic heterocycles. The van der Waals surface area contributed by atoms with Crippen LogP contribution in [0.15, 0.2) is 0 Å². The highest BCUT2D eigenvalue weighted by molar-refractivity contribution is 5.74. The molecule has 0 unspecified atom stereocenters. The zero-order valence-corrected chi connectivity index (χ0v) is 9.02. The minimum atomic E-state index is 0.133. The molecule has 2 aliphatic heterocycles. The van der Waals surface area contributed by atoms with Crippen LogP contribution in [0.3, 0.4) is 0 Å². The number of hydrogen-bond donors (Lipinski definition) is 1. The van der Waals surface area contributed by atoms with E-state index in [2.05, 4.69) is 0 Å². The number of carbonyl (C=O) groups excluding carboxylic acids is 1. The summed E-state index contributed by atoms with van der Waals surface area (Å²) in [5.74, 6) is 0. The number of piperidine rings is 1. The van der Waals surface area contributed by atoms with Gasteiger partial charge < -0.3 is 20.3 Å². The van der Waals surface area contributed by atoms with Crippen LogP contribution < -0.4 is 5.73 Å². The van der Waals surface area contributed by atoms with Crippen LogP contribution >= 0.6 is 0 Å². The predicted molar refractivity (Wildman–Crippen MR) is 56.6 cm³/mol. The average molecular weight is 213 g/mol. The van der Waals surface area contributed by atoms with Crippen LogP contribution in [0.4, 0.5) is 4.79 Å². The van der Waals surface area contributed by atoms with Crippen LogP contribution in [0.25, 0.3) is 0 Å². The lowest BCUT2D eigenvalue weighted by Crippen LogP contribution is -2.53. The zero-order valence-electron chi connectivity index (χ0n) is 9.02. The fourth-order valence-electron chi connectivity index (χ4n) is 2.14. The standard InChI is InChI=1S/C10H19N3O2/c11-9-2-1-3-13(8-9)10(14)12-4-6-15-7-5-12/h9H,1-8,11H2/t9-/m0/s1. The molecule has 0 aliphatic carbocycles. The number of ether oxygens (including phenoxy) is 1. The number of nitrogens with zero attached hydrogens (tertiary/aromatic N) is 2. The second kappa shape index (κ2) is 4.81. The van der Waals surface area contributed by atoms with Crippen molar-refractivity contribution in [1.82, 2.24) is 9.80 Å². The highest BCUT2D eigenvalue weighted by atomic mass is 16.5. The summed E-state index contributed by atoms with van der Waals surface area (Å²) in [6.45, 7) is 4.30. The highest BCUT2D eigenvalue weighted by Crippen LogP contribution is 2.11. The Morgan fingerprint density at radius 1 is 1.20 bits per heavy atom. The first kappa shape index (κ1) is 10.7. The molecule has 5 heteroatoms. The summed E-state index contributed by atoms with van der Waals surface area (Å²) in [6.07, 6.45) is 2.06. The van der Waals surface area contributed by atoms with Crippen molar-refractivity contribution < 1.29 is 9.53 Å². The SMILES string of the molecule is N[C@H]1CCCN(C(=O)N2CCOCC2)C1. The Bertz CT molecular complexity index is 229. The number of amides is 2. The van der Waals surface area contributed by atoms with Gasteiger partial charge in [0.15, 0.2) is 0 Å². The van der Waals surface area contributed by atoms with Gasteiger partial charge in [0, 0.05) is 32.2 Å². The molecule has 0 radical (unpaired) electrons. The molecule has 2 aliphatic rings. The summed E-state index contributed by atoms with van der Waals surface area (Å²) in [4.78, 5) is 15.8. The van der Waals surface area contributed by atoms with Crippen molar-refractivity contribution in [2.24, 2.45) is 5.73 Å². The first-order valence-electron chi connectivity index (χ1n) is 5.64. The van der Waals surface area contributed by atoms with Crippen LogP contribution in [0, 0.1) is 0 Å². The second-order valence-electron chi connectivity index (χ2n) is 4.23. The number of urea groups is 1. The van der Waals surface area contributed by atoms with Crippen LogP contribution in [-0.2, 0) is 4.74 Å². The number of morpholine rings is 1. The smallest absolute Gasteiger partial charge is 0.320 e. The van der Waals surface area contributed by atoms with Crippen molar-refractivity contribution in [3.8, 4) is 0 Å². The average Bonchev–Trinajstić information content (AvgIpc) is 2.29. The molecule has 2 heterocycles. The Morgan fingerprint density at radius 3 is 2.60 bits per heavy atom. The Labute approximate surface area is 90.1 Å². The Hall–Kier alpha value is -0.810. The molecule has 0 spiro atoms. The molecule has 0 aromatic rings. The maximum atomic E-state index is 12.0. The van der Waals surface area contributed by atoms with Crippen molar-refractivity contribution in [1.29, 1.82) is 0 Å². The molecule has 0 saturated carbocycles. The third kappa shape index (κ3) is 2.60. The van der Waals surface area contributed by atoms with E-state index in [-0.39, 0.29) is 12.1 Å². The lowest BCUT2D eigenvalue weighted by atomic mass is 10.1. The van der Waals surface area contributed by atoms with E-state index in [4.69, 9.17) is 10.5 Å². The Balaban J connectivity index is 1.88. The molecule has 1 atom stereocenters. The van der Waals surface area contributed by atoms with Crippen molar-refractivity contribution in [3.63, 3.8) is 0 Å². The van der Waals surface area contributed by atoms with Gasteiger partial charge in [0.25, 0.3) is 0 Å². The fraction of sp³-hybridized carbons (Fsp3) is 0.900.